The van der Waals surface area contributed by atoms with Crippen LogP contribution in [0.2, 0.25) is 0 Å². The molecule has 6 nitrogen and oxygen atoms in total. The average Bonchev–Trinajstić information content (AvgIpc) is 2.30. The molecule has 2 atom stereocenters. The molecule has 19 heavy (non-hydrogen) atoms. The van der Waals surface area contributed by atoms with Crippen LogP contribution in [0.5, 0.6) is 0 Å². The molecule has 6 heteroatoms. The molecule has 0 fully saturated rings. The fourth-order valence-corrected chi connectivity index (χ4v) is 1.56. The molecule has 0 spiro atoms. The molecule has 1 rings (SSSR count). The van der Waals surface area contributed by atoms with Crippen LogP contribution in [0.1, 0.15) is 18.1 Å². The summed E-state index contributed by atoms with van der Waals surface area (Å²) in [6.45, 7) is 5.02. The van der Waals surface area contributed by atoms with Crippen molar-refractivity contribution in [2.45, 2.75) is 32.9 Å². The number of urea groups is 1. The zero-order valence-electron chi connectivity index (χ0n) is 11.1. The van der Waals surface area contributed by atoms with E-state index < -0.39 is 24.1 Å². The molecule has 0 heterocycles. The van der Waals surface area contributed by atoms with Gasteiger partial charge in [0, 0.05) is 5.69 Å². The van der Waals surface area contributed by atoms with E-state index in [0.717, 1.165) is 11.1 Å². The van der Waals surface area contributed by atoms with Gasteiger partial charge in [0.1, 0.15) is 0 Å². The van der Waals surface area contributed by atoms with Gasteiger partial charge in [0.05, 0.1) is 6.10 Å². The van der Waals surface area contributed by atoms with E-state index in [9.17, 15) is 14.7 Å². The van der Waals surface area contributed by atoms with Crippen LogP contribution in [0, 0.1) is 13.8 Å². The first kappa shape index (κ1) is 15.0. The number of aryl methyl sites for hydroxylation is 2. The Balaban J connectivity index is 2.74. The van der Waals surface area contributed by atoms with Crippen LogP contribution < -0.4 is 10.6 Å². The highest BCUT2D eigenvalue weighted by Crippen LogP contribution is 2.16. The monoisotopic (exact) mass is 266 g/mol. The summed E-state index contributed by atoms with van der Waals surface area (Å²) in [6, 6.07) is 3.54. The third-order valence-electron chi connectivity index (χ3n) is 2.68. The lowest BCUT2D eigenvalue weighted by molar-refractivity contribution is -0.141. The van der Waals surface area contributed by atoms with E-state index in [1.165, 1.54) is 6.92 Å². The van der Waals surface area contributed by atoms with Gasteiger partial charge in [-0.05, 0) is 38.0 Å². The summed E-state index contributed by atoms with van der Waals surface area (Å²) in [5, 5.41) is 22.9. The Bertz CT molecular complexity index is 486. The number of aliphatic carboxylic acids is 1. The number of aliphatic hydroxyl groups excluding tert-OH is 1. The van der Waals surface area contributed by atoms with Crippen LogP contribution in [-0.2, 0) is 4.79 Å². The van der Waals surface area contributed by atoms with Crippen molar-refractivity contribution in [3.8, 4) is 0 Å². The topological polar surface area (TPSA) is 98.7 Å². The molecular weight excluding hydrogens is 248 g/mol. The minimum atomic E-state index is -1.34. The maximum absolute atomic E-state index is 11.7. The lowest BCUT2D eigenvalue weighted by Crippen LogP contribution is -2.49. The van der Waals surface area contributed by atoms with E-state index in [1.807, 2.05) is 26.0 Å². The molecule has 0 aliphatic heterocycles. The van der Waals surface area contributed by atoms with E-state index in [-0.39, 0.29) is 0 Å². The van der Waals surface area contributed by atoms with Gasteiger partial charge in [0.25, 0.3) is 0 Å². The van der Waals surface area contributed by atoms with Crippen molar-refractivity contribution in [2.24, 2.45) is 0 Å². The standard InChI is InChI=1S/C13H18N2O4/c1-7-4-5-8(2)10(6-7)14-13(19)15-11(9(3)16)12(17)18/h4-6,9,11,16H,1-3H3,(H,17,18)(H2,14,15,19)/t9-,11+/m1/s1. The summed E-state index contributed by atoms with van der Waals surface area (Å²) >= 11 is 0. The molecule has 0 radical (unpaired) electrons. The Morgan fingerprint density at radius 1 is 1.26 bits per heavy atom. The normalized spacial score (nSPS) is 13.5. The number of aliphatic hydroxyl groups is 1. The van der Waals surface area contributed by atoms with Gasteiger partial charge in [-0.3, -0.25) is 0 Å². The quantitative estimate of drug-likeness (QED) is 0.659. The third kappa shape index (κ3) is 4.26. The van der Waals surface area contributed by atoms with Crippen molar-refractivity contribution < 1.29 is 19.8 Å². The number of benzene rings is 1. The minimum absolute atomic E-state index is 0.604. The third-order valence-corrected chi connectivity index (χ3v) is 2.68. The molecule has 0 aliphatic rings. The number of amides is 2. The Kier molecular flexibility index (Phi) is 4.88. The second-order valence-electron chi connectivity index (χ2n) is 4.47. The molecule has 104 valence electrons. The van der Waals surface area contributed by atoms with Crippen molar-refractivity contribution in [3.63, 3.8) is 0 Å². The summed E-state index contributed by atoms with van der Waals surface area (Å²) in [4.78, 5) is 22.5. The Morgan fingerprint density at radius 2 is 1.89 bits per heavy atom. The Labute approximate surface area is 111 Å². The average molecular weight is 266 g/mol. The van der Waals surface area contributed by atoms with Gasteiger partial charge in [0.15, 0.2) is 6.04 Å². The maximum atomic E-state index is 11.7. The highest BCUT2D eigenvalue weighted by Gasteiger charge is 2.24. The maximum Gasteiger partial charge on any atom is 0.328 e. The zero-order chi connectivity index (χ0) is 14.6. The van der Waals surface area contributed by atoms with Crippen LogP contribution in [-0.4, -0.2) is 34.4 Å². The molecule has 1 aromatic carbocycles. The molecule has 4 N–H and O–H groups in total. The summed E-state index contributed by atoms with van der Waals surface area (Å²) in [5.74, 6) is -1.29. The van der Waals surface area contributed by atoms with Crippen molar-refractivity contribution in [1.82, 2.24) is 5.32 Å². The molecular formula is C13H18N2O4. The number of hydrogen-bond acceptors (Lipinski definition) is 3. The van der Waals surface area contributed by atoms with Crippen molar-refractivity contribution in [2.75, 3.05) is 5.32 Å². The number of anilines is 1. The SMILES string of the molecule is Cc1ccc(C)c(NC(=O)N[C@H](C(=O)O)[C@@H](C)O)c1. The van der Waals surface area contributed by atoms with E-state index in [0.29, 0.717) is 5.69 Å². The Hall–Kier alpha value is -2.08. The molecule has 0 aliphatic carbocycles. The predicted molar refractivity (Wildman–Crippen MR) is 71.2 cm³/mol. The van der Waals surface area contributed by atoms with Gasteiger partial charge < -0.3 is 20.8 Å². The largest absolute Gasteiger partial charge is 0.480 e. The van der Waals surface area contributed by atoms with Gasteiger partial charge in [-0.2, -0.15) is 0 Å². The summed E-state index contributed by atoms with van der Waals surface area (Å²) in [5.41, 5.74) is 2.45. The molecule has 0 aromatic heterocycles. The smallest absolute Gasteiger partial charge is 0.328 e. The lowest BCUT2D eigenvalue weighted by Gasteiger charge is -2.18. The van der Waals surface area contributed by atoms with Gasteiger partial charge in [0.2, 0.25) is 0 Å². The zero-order valence-corrected chi connectivity index (χ0v) is 11.1. The summed E-state index contributed by atoms with van der Waals surface area (Å²) in [7, 11) is 0. The molecule has 0 saturated carbocycles. The molecule has 0 saturated heterocycles. The second-order valence-corrected chi connectivity index (χ2v) is 4.47. The van der Waals surface area contributed by atoms with E-state index in [2.05, 4.69) is 10.6 Å². The van der Waals surface area contributed by atoms with Crippen molar-refractivity contribution >= 4 is 17.7 Å². The number of carbonyl (C=O) groups is 2. The Morgan fingerprint density at radius 3 is 2.42 bits per heavy atom. The molecule has 2 amide bonds. The van der Waals surface area contributed by atoms with Crippen LogP contribution in [0.15, 0.2) is 18.2 Å². The van der Waals surface area contributed by atoms with Crippen LogP contribution in [0.25, 0.3) is 0 Å². The van der Waals surface area contributed by atoms with Crippen LogP contribution in [0.4, 0.5) is 10.5 Å². The predicted octanol–water partition coefficient (Wildman–Crippen LogP) is 1.26. The fourth-order valence-electron chi connectivity index (χ4n) is 1.56. The highest BCUT2D eigenvalue weighted by molar-refractivity contribution is 5.93. The van der Waals surface area contributed by atoms with Gasteiger partial charge in [-0.15, -0.1) is 0 Å². The number of carbonyl (C=O) groups excluding carboxylic acids is 1. The number of hydrogen-bond donors (Lipinski definition) is 4. The van der Waals surface area contributed by atoms with Crippen molar-refractivity contribution in [3.05, 3.63) is 29.3 Å². The summed E-state index contributed by atoms with van der Waals surface area (Å²) in [6.07, 6.45) is -1.18. The van der Waals surface area contributed by atoms with E-state index in [1.54, 1.807) is 6.07 Å². The number of carboxylic acids is 1. The van der Waals surface area contributed by atoms with E-state index in [4.69, 9.17) is 5.11 Å². The van der Waals surface area contributed by atoms with Gasteiger partial charge >= 0.3 is 12.0 Å². The van der Waals surface area contributed by atoms with Crippen molar-refractivity contribution in [1.29, 1.82) is 0 Å². The number of nitrogens with one attached hydrogen (secondary N) is 2. The number of rotatable bonds is 4. The van der Waals surface area contributed by atoms with E-state index >= 15 is 0 Å². The van der Waals surface area contributed by atoms with Gasteiger partial charge in [-0.25, -0.2) is 9.59 Å². The first-order valence-corrected chi connectivity index (χ1v) is 5.87. The first-order chi connectivity index (χ1) is 8.81. The fraction of sp³-hybridized carbons (Fsp3) is 0.385. The molecule has 1 aromatic rings. The second kappa shape index (κ2) is 6.19. The van der Waals surface area contributed by atoms with Gasteiger partial charge in [-0.1, -0.05) is 12.1 Å². The molecule has 0 unspecified atom stereocenters. The highest BCUT2D eigenvalue weighted by atomic mass is 16.4. The number of carboxylic acid groups (broad SMARTS) is 1. The molecule has 0 bridgehead atoms. The minimum Gasteiger partial charge on any atom is -0.480 e. The lowest BCUT2D eigenvalue weighted by atomic mass is 10.1. The first-order valence-electron chi connectivity index (χ1n) is 5.87. The summed E-state index contributed by atoms with van der Waals surface area (Å²) < 4.78 is 0. The van der Waals surface area contributed by atoms with Crippen LogP contribution in [0.3, 0.4) is 0 Å². The van der Waals surface area contributed by atoms with Crippen LogP contribution >= 0.6 is 0 Å².